The summed E-state index contributed by atoms with van der Waals surface area (Å²) >= 11 is 0. The summed E-state index contributed by atoms with van der Waals surface area (Å²) in [4.78, 5) is 39.6. The number of benzene rings is 3. The number of aromatic nitrogens is 2. The fourth-order valence-corrected chi connectivity index (χ4v) is 8.57. The molecule has 2 N–H and O–H groups in total. The quantitative estimate of drug-likeness (QED) is 0.0402. The van der Waals surface area contributed by atoms with Gasteiger partial charge in [-0.3, -0.25) is 19.1 Å². The second-order valence-corrected chi connectivity index (χ2v) is 18.9. The normalized spacial score (nSPS) is 18.7. The average molecular weight is 866 g/mol. The van der Waals surface area contributed by atoms with Crippen molar-refractivity contribution in [1.82, 2.24) is 14.9 Å². The number of methoxy groups -OCH3 is 2. The third-order valence-electron chi connectivity index (χ3n) is 11.7. The number of nitrogens with one attached hydrogen (secondary N) is 2. The van der Waals surface area contributed by atoms with Crippen LogP contribution >= 0.6 is 0 Å². The second-order valence-electron chi connectivity index (χ2n) is 16.5. The van der Waals surface area contributed by atoms with E-state index in [0.29, 0.717) is 48.7 Å². The maximum absolute atomic E-state index is 13.4. The summed E-state index contributed by atoms with van der Waals surface area (Å²) in [5, 5.41) is 1.82. The van der Waals surface area contributed by atoms with Crippen molar-refractivity contribution in [2.75, 3.05) is 27.4 Å². The number of ether oxygens (including phenoxy) is 4. The van der Waals surface area contributed by atoms with Crippen LogP contribution in [0.5, 0.6) is 11.5 Å². The molecule has 0 unspecified atom stereocenters. The lowest BCUT2D eigenvalue weighted by atomic mass is 9.79. The van der Waals surface area contributed by atoms with Gasteiger partial charge >= 0.3 is 17.8 Å². The van der Waals surface area contributed by atoms with Crippen molar-refractivity contribution in [3.8, 4) is 11.5 Å². The topological polar surface area (TPSA) is 130 Å². The van der Waals surface area contributed by atoms with Gasteiger partial charge < -0.3 is 28.7 Å². The molecule has 1 aliphatic heterocycles. The molecule has 1 saturated heterocycles. The number of rotatable bonds is 20. The number of halogens is 3. The third-order valence-corrected chi connectivity index (χ3v) is 13.8. The highest BCUT2D eigenvalue weighted by Gasteiger charge is 2.52. The number of allylic oxidation sites excluding steroid dienone is 1. The van der Waals surface area contributed by atoms with Crippen LogP contribution in [0, 0.1) is 12.8 Å². The van der Waals surface area contributed by atoms with E-state index in [-0.39, 0.29) is 24.6 Å². The number of carbonyl (C=O) groups excluding carboxylic acids is 1. The molecule has 11 nitrogen and oxygen atoms in total. The van der Waals surface area contributed by atoms with Crippen molar-refractivity contribution in [2.24, 2.45) is 5.92 Å². The van der Waals surface area contributed by atoms with E-state index in [1.54, 1.807) is 21.1 Å². The lowest BCUT2D eigenvalue weighted by Gasteiger charge is -2.41. The smallest absolute Gasteiger partial charge is 0.471 e. The lowest BCUT2D eigenvalue weighted by molar-refractivity contribution is -0.173. The van der Waals surface area contributed by atoms with E-state index in [4.69, 9.17) is 23.4 Å². The lowest BCUT2D eigenvalue weighted by Crippen LogP contribution is -2.48. The fraction of sp³-hybridized carbons (Fsp3) is 0.457. The van der Waals surface area contributed by atoms with Gasteiger partial charge in [-0.05, 0) is 78.1 Å². The van der Waals surface area contributed by atoms with E-state index in [1.807, 2.05) is 96.3 Å². The minimum atomic E-state index is -4.93. The van der Waals surface area contributed by atoms with Crippen molar-refractivity contribution < 1.29 is 41.3 Å². The molecule has 5 rings (SSSR count). The SMILES string of the molecule is COc1ccc(C(OC[C@@]2(C=CCCCCCNC(=O)C(F)(F)F)O[C@@H](n3cc(C)c(=O)[nH]c3=O)C[C@@H]2O[SiH2]C(C)(C)C(C)C)(c2ccccc2)c2ccc(OC)cc2)cc1. The number of carbonyl (C=O) groups is 1. The maximum atomic E-state index is 13.4. The summed E-state index contributed by atoms with van der Waals surface area (Å²) < 4.78 is 72.1. The van der Waals surface area contributed by atoms with Crippen LogP contribution in [0.1, 0.15) is 88.3 Å². The predicted octanol–water partition coefficient (Wildman–Crippen LogP) is 7.65. The van der Waals surface area contributed by atoms with Gasteiger partial charge in [0.2, 0.25) is 0 Å². The molecule has 1 amide bonds. The van der Waals surface area contributed by atoms with Crippen molar-refractivity contribution in [2.45, 2.75) is 101 Å². The highest BCUT2D eigenvalue weighted by Crippen LogP contribution is 2.47. The van der Waals surface area contributed by atoms with Crippen LogP contribution in [0.4, 0.5) is 13.2 Å². The number of aromatic amines is 1. The second kappa shape index (κ2) is 20.3. The molecule has 0 saturated carbocycles. The number of hydrogen-bond donors (Lipinski definition) is 2. The molecule has 61 heavy (non-hydrogen) atoms. The molecule has 1 aromatic heterocycles. The van der Waals surface area contributed by atoms with Gasteiger partial charge in [-0.15, -0.1) is 0 Å². The van der Waals surface area contributed by atoms with Gasteiger partial charge in [-0.25, -0.2) is 4.79 Å². The van der Waals surface area contributed by atoms with Crippen LogP contribution in [0.3, 0.4) is 0 Å². The minimum absolute atomic E-state index is 0.0608. The molecule has 15 heteroatoms. The first kappa shape index (κ1) is 47.1. The Balaban J connectivity index is 1.61. The zero-order valence-corrected chi connectivity index (χ0v) is 37.4. The molecule has 330 valence electrons. The molecule has 4 aromatic rings. The van der Waals surface area contributed by atoms with Crippen LogP contribution in [-0.2, 0) is 24.3 Å². The Morgan fingerprint density at radius 1 is 0.934 bits per heavy atom. The Bertz CT molecular complexity index is 2140. The molecule has 0 spiro atoms. The number of alkyl halides is 3. The first-order valence-corrected chi connectivity index (χ1v) is 21.9. The molecule has 2 heterocycles. The largest absolute Gasteiger partial charge is 0.497 e. The molecule has 0 radical (unpaired) electrons. The summed E-state index contributed by atoms with van der Waals surface area (Å²) in [6.07, 6.45) is 1.35. The third kappa shape index (κ3) is 11.3. The summed E-state index contributed by atoms with van der Waals surface area (Å²) in [5.74, 6) is -0.306. The minimum Gasteiger partial charge on any atom is -0.497 e. The van der Waals surface area contributed by atoms with Crippen molar-refractivity contribution in [1.29, 1.82) is 0 Å². The van der Waals surface area contributed by atoms with Gasteiger partial charge in [0.25, 0.3) is 5.56 Å². The molecule has 0 bridgehead atoms. The predicted molar refractivity (Wildman–Crippen MR) is 231 cm³/mol. The van der Waals surface area contributed by atoms with Crippen molar-refractivity contribution in [3.63, 3.8) is 0 Å². The molecule has 1 fully saturated rings. The van der Waals surface area contributed by atoms with Crippen LogP contribution in [0.15, 0.2) is 107 Å². The molecular formula is C46H58F3N3O8Si. The van der Waals surface area contributed by atoms with Gasteiger partial charge in [0.1, 0.15) is 28.9 Å². The van der Waals surface area contributed by atoms with E-state index in [2.05, 4.69) is 32.7 Å². The van der Waals surface area contributed by atoms with Crippen molar-refractivity contribution in [3.05, 3.63) is 140 Å². The van der Waals surface area contributed by atoms with Gasteiger partial charge in [0, 0.05) is 24.7 Å². The number of nitrogens with zero attached hydrogens (tertiary/aromatic N) is 1. The standard InChI is InChI=1S/C46H58F3N3O8Si/c1-31(2)43(4,5)61-60-38-28-39(52-29-32(3)40(53)51-42(52)55)59-44(38,26-14-9-8-10-15-27-50-41(54)46(47,48)49)30-58-45(33-16-12-11-13-17-33,34-18-22-36(56-6)23-19-34)35-20-24-37(57-7)25-21-35/h11-14,16-26,29,31,38-39H,8-10,15,27-28,30,61H2,1-7H3,(H,50,54)(H,51,53,55)/t38-,39+,44+/m0/s1. The molecule has 3 aromatic carbocycles. The van der Waals surface area contributed by atoms with E-state index < -0.39 is 56.6 Å². The highest BCUT2D eigenvalue weighted by molar-refractivity contribution is 6.32. The summed E-state index contributed by atoms with van der Waals surface area (Å²) in [6.45, 7) is 10.2. The van der Waals surface area contributed by atoms with E-state index in [9.17, 15) is 27.6 Å². The van der Waals surface area contributed by atoms with E-state index >= 15 is 0 Å². The summed E-state index contributed by atoms with van der Waals surface area (Å²) in [7, 11) is 1.94. The molecular weight excluding hydrogens is 808 g/mol. The van der Waals surface area contributed by atoms with Gasteiger partial charge in [0.15, 0.2) is 9.76 Å². The van der Waals surface area contributed by atoms with Crippen LogP contribution < -0.4 is 26.0 Å². The number of aryl methyl sites for hydroxylation is 1. The van der Waals surface area contributed by atoms with Crippen LogP contribution in [0.25, 0.3) is 0 Å². The Morgan fingerprint density at radius 3 is 2.08 bits per heavy atom. The van der Waals surface area contributed by atoms with Gasteiger partial charge in [-0.1, -0.05) is 101 Å². The van der Waals surface area contributed by atoms with Crippen molar-refractivity contribution >= 4 is 15.7 Å². The molecule has 3 atom stereocenters. The first-order valence-electron chi connectivity index (χ1n) is 20.6. The first-order chi connectivity index (χ1) is 29.0. The molecule has 0 aliphatic carbocycles. The van der Waals surface area contributed by atoms with Gasteiger partial charge in [0.05, 0.1) is 26.9 Å². The monoisotopic (exact) mass is 865 g/mol. The number of amides is 1. The Hall–Kier alpha value is -4.96. The zero-order chi connectivity index (χ0) is 44.4. The summed E-state index contributed by atoms with van der Waals surface area (Å²) in [5.41, 5.74) is -0.843. The summed E-state index contributed by atoms with van der Waals surface area (Å²) in [6, 6.07) is 25.2. The zero-order valence-electron chi connectivity index (χ0n) is 36.0. The number of hydrogen-bond acceptors (Lipinski definition) is 8. The average Bonchev–Trinajstić information content (AvgIpc) is 3.60. The van der Waals surface area contributed by atoms with Gasteiger partial charge in [-0.2, -0.15) is 13.2 Å². The molecule has 1 aliphatic rings. The Labute approximate surface area is 357 Å². The van der Waals surface area contributed by atoms with Crippen LogP contribution in [-0.4, -0.2) is 70.5 Å². The van der Waals surface area contributed by atoms with E-state index in [1.165, 1.54) is 10.8 Å². The maximum Gasteiger partial charge on any atom is 0.471 e. The number of unbranched alkanes of at least 4 members (excludes halogenated alkanes) is 3. The Morgan fingerprint density at radius 2 is 1.52 bits per heavy atom. The number of H-pyrrole nitrogens is 1. The Kier molecular flexibility index (Phi) is 15.6. The van der Waals surface area contributed by atoms with Crippen LogP contribution in [0.2, 0.25) is 5.04 Å². The van der Waals surface area contributed by atoms with E-state index in [0.717, 1.165) is 16.7 Å². The highest BCUT2D eigenvalue weighted by atomic mass is 28.2. The fourth-order valence-electron chi connectivity index (χ4n) is 7.19.